The van der Waals surface area contributed by atoms with E-state index in [9.17, 15) is 13.2 Å². The zero-order chi connectivity index (χ0) is 20.6. The SMILES string of the molecule is CCn1c(=O)n(CC)c2cc(S(=O)(=O)Nc3cc(C)ccc3OC)c(Cl)cc21. The molecule has 1 N–H and O–H groups in total. The summed E-state index contributed by atoms with van der Waals surface area (Å²) in [7, 11) is -2.54. The molecule has 3 rings (SSSR count). The number of hydrogen-bond acceptors (Lipinski definition) is 4. The first-order valence-corrected chi connectivity index (χ1v) is 10.7. The Morgan fingerprint density at radius 3 is 2.25 bits per heavy atom. The molecule has 1 heterocycles. The fourth-order valence-corrected chi connectivity index (χ4v) is 4.84. The molecule has 1 aromatic heterocycles. The molecule has 0 bridgehead atoms. The fraction of sp³-hybridized carbons (Fsp3) is 0.316. The molecule has 0 spiro atoms. The van der Waals surface area contributed by atoms with Crippen LogP contribution in [0, 0.1) is 6.92 Å². The zero-order valence-corrected chi connectivity index (χ0v) is 17.7. The van der Waals surface area contributed by atoms with Crippen LogP contribution in [-0.2, 0) is 23.1 Å². The Kier molecular flexibility index (Phi) is 5.45. The number of sulfonamides is 1. The van der Waals surface area contributed by atoms with E-state index < -0.39 is 10.0 Å². The number of rotatable bonds is 6. The van der Waals surface area contributed by atoms with E-state index in [-0.39, 0.29) is 15.6 Å². The lowest BCUT2D eigenvalue weighted by Gasteiger charge is -2.14. The second-order valence-electron chi connectivity index (χ2n) is 6.35. The van der Waals surface area contributed by atoms with Crippen LogP contribution in [0.15, 0.2) is 40.0 Å². The van der Waals surface area contributed by atoms with E-state index in [0.717, 1.165) is 5.56 Å². The molecule has 28 heavy (non-hydrogen) atoms. The summed E-state index contributed by atoms with van der Waals surface area (Å²) in [5, 5.41) is 0.0436. The van der Waals surface area contributed by atoms with Crippen LogP contribution < -0.4 is 15.1 Å². The molecule has 9 heteroatoms. The first kappa shape index (κ1) is 20.3. The van der Waals surface area contributed by atoms with Crippen LogP contribution in [0.25, 0.3) is 11.0 Å². The highest BCUT2D eigenvalue weighted by atomic mass is 35.5. The fourth-order valence-electron chi connectivity index (χ4n) is 3.23. The average molecular weight is 424 g/mol. The van der Waals surface area contributed by atoms with Crippen molar-refractivity contribution in [3.63, 3.8) is 0 Å². The lowest BCUT2D eigenvalue weighted by atomic mass is 10.2. The van der Waals surface area contributed by atoms with Gasteiger partial charge in [-0.15, -0.1) is 0 Å². The molecule has 7 nitrogen and oxygen atoms in total. The van der Waals surface area contributed by atoms with E-state index in [1.165, 1.54) is 23.8 Å². The van der Waals surface area contributed by atoms with Gasteiger partial charge in [0.25, 0.3) is 10.0 Å². The molecule has 0 fully saturated rings. The van der Waals surface area contributed by atoms with Crippen LogP contribution >= 0.6 is 11.6 Å². The summed E-state index contributed by atoms with van der Waals surface area (Å²) >= 11 is 6.32. The standard InChI is InChI=1S/C19H22ClN3O4S/c1-5-22-15-10-13(20)18(11-16(15)23(6-2)19(22)24)28(25,26)21-14-9-12(3)7-8-17(14)27-4/h7-11,21H,5-6H2,1-4H3. The molecule has 3 aromatic rings. The van der Waals surface area contributed by atoms with E-state index in [4.69, 9.17) is 16.3 Å². The quantitative estimate of drug-likeness (QED) is 0.656. The summed E-state index contributed by atoms with van der Waals surface area (Å²) < 4.78 is 37.0. The second-order valence-corrected chi connectivity index (χ2v) is 8.41. The summed E-state index contributed by atoms with van der Waals surface area (Å²) in [5.74, 6) is 0.397. The number of aromatic nitrogens is 2. The van der Waals surface area contributed by atoms with E-state index in [2.05, 4.69) is 4.72 Å². The van der Waals surface area contributed by atoms with E-state index in [0.29, 0.717) is 35.6 Å². The van der Waals surface area contributed by atoms with Gasteiger partial charge in [-0.3, -0.25) is 13.9 Å². The molecular weight excluding hydrogens is 402 g/mol. The maximum Gasteiger partial charge on any atom is 0.329 e. The maximum atomic E-state index is 13.1. The Labute approximate surface area is 168 Å². The maximum absolute atomic E-state index is 13.1. The number of nitrogens with zero attached hydrogens (tertiary/aromatic N) is 2. The first-order chi connectivity index (χ1) is 13.2. The Bertz CT molecular complexity index is 1210. The van der Waals surface area contributed by atoms with Gasteiger partial charge in [0.1, 0.15) is 10.6 Å². The summed E-state index contributed by atoms with van der Waals surface area (Å²) in [6, 6.07) is 8.16. The normalized spacial score (nSPS) is 11.8. The van der Waals surface area contributed by atoms with Gasteiger partial charge in [-0.05, 0) is 50.6 Å². The van der Waals surface area contributed by atoms with E-state index in [1.807, 2.05) is 26.8 Å². The Balaban J connectivity index is 2.19. The highest BCUT2D eigenvalue weighted by Crippen LogP contribution is 2.32. The summed E-state index contributed by atoms with van der Waals surface area (Å²) in [6.07, 6.45) is 0. The third kappa shape index (κ3) is 3.38. The van der Waals surface area contributed by atoms with E-state index in [1.54, 1.807) is 16.7 Å². The molecule has 2 aromatic carbocycles. The third-order valence-corrected chi connectivity index (χ3v) is 6.42. The van der Waals surface area contributed by atoms with Crippen LogP contribution in [0.1, 0.15) is 19.4 Å². The number of fused-ring (bicyclic) bond motifs is 1. The molecule has 0 aliphatic carbocycles. The highest BCUT2D eigenvalue weighted by Gasteiger charge is 2.23. The van der Waals surface area contributed by atoms with Crippen molar-refractivity contribution < 1.29 is 13.2 Å². The van der Waals surface area contributed by atoms with Gasteiger partial charge in [-0.25, -0.2) is 13.2 Å². The lowest BCUT2D eigenvalue weighted by molar-refractivity contribution is 0.417. The number of nitrogens with one attached hydrogen (secondary N) is 1. The lowest BCUT2D eigenvalue weighted by Crippen LogP contribution is -2.23. The zero-order valence-electron chi connectivity index (χ0n) is 16.1. The number of methoxy groups -OCH3 is 1. The predicted octanol–water partition coefficient (Wildman–Crippen LogP) is 3.61. The van der Waals surface area contributed by atoms with Crippen LogP contribution in [0.2, 0.25) is 5.02 Å². The van der Waals surface area contributed by atoms with E-state index >= 15 is 0 Å². The summed E-state index contributed by atoms with van der Waals surface area (Å²) in [5.41, 5.74) is 2.12. The van der Waals surface area contributed by atoms with Gasteiger partial charge < -0.3 is 4.74 Å². The van der Waals surface area contributed by atoms with Gasteiger partial charge in [0, 0.05) is 13.1 Å². The van der Waals surface area contributed by atoms with Crippen molar-refractivity contribution in [1.82, 2.24) is 9.13 Å². The molecule has 0 unspecified atom stereocenters. The van der Waals surface area contributed by atoms with Crippen molar-refractivity contribution in [2.75, 3.05) is 11.8 Å². The van der Waals surface area contributed by atoms with Crippen molar-refractivity contribution in [2.24, 2.45) is 0 Å². The molecule has 0 saturated carbocycles. The molecule has 0 amide bonds. The number of aryl methyl sites for hydroxylation is 3. The first-order valence-electron chi connectivity index (χ1n) is 8.83. The van der Waals surface area contributed by atoms with Gasteiger partial charge in [0.05, 0.1) is 28.9 Å². The van der Waals surface area contributed by atoms with Crippen LogP contribution in [0.5, 0.6) is 5.75 Å². The summed E-state index contributed by atoms with van der Waals surface area (Å²) in [6.45, 7) is 6.42. The molecule has 0 aliphatic rings. The number of ether oxygens (including phenoxy) is 1. The minimum atomic E-state index is -4.01. The minimum absolute atomic E-state index is 0.0436. The van der Waals surface area contributed by atoms with Gasteiger partial charge in [0.2, 0.25) is 0 Å². The van der Waals surface area contributed by atoms with Gasteiger partial charge in [-0.2, -0.15) is 0 Å². The van der Waals surface area contributed by atoms with Gasteiger partial charge >= 0.3 is 5.69 Å². The number of halogens is 1. The topological polar surface area (TPSA) is 82.3 Å². The second kappa shape index (κ2) is 7.52. The monoisotopic (exact) mass is 423 g/mol. The average Bonchev–Trinajstić information content (AvgIpc) is 2.90. The molecule has 0 saturated heterocycles. The number of hydrogen-bond donors (Lipinski definition) is 1. The highest BCUT2D eigenvalue weighted by molar-refractivity contribution is 7.92. The Morgan fingerprint density at radius 2 is 1.68 bits per heavy atom. The Hall–Kier alpha value is -2.45. The minimum Gasteiger partial charge on any atom is -0.495 e. The molecule has 0 atom stereocenters. The van der Waals surface area contributed by atoms with Gasteiger partial charge in [-0.1, -0.05) is 17.7 Å². The molecule has 150 valence electrons. The largest absolute Gasteiger partial charge is 0.495 e. The molecule has 0 aliphatic heterocycles. The van der Waals surface area contributed by atoms with Crippen molar-refractivity contribution in [1.29, 1.82) is 0 Å². The van der Waals surface area contributed by atoms with Gasteiger partial charge in [0.15, 0.2) is 0 Å². The summed E-state index contributed by atoms with van der Waals surface area (Å²) in [4.78, 5) is 12.4. The number of benzene rings is 2. The number of anilines is 1. The Morgan fingerprint density at radius 1 is 1.07 bits per heavy atom. The van der Waals surface area contributed by atoms with Crippen LogP contribution in [0.4, 0.5) is 5.69 Å². The predicted molar refractivity (Wildman–Crippen MR) is 111 cm³/mol. The van der Waals surface area contributed by atoms with Crippen LogP contribution in [0.3, 0.4) is 0 Å². The van der Waals surface area contributed by atoms with Crippen molar-refractivity contribution >= 4 is 38.3 Å². The van der Waals surface area contributed by atoms with Crippen molar-refractivity contribution in [2.45, 2.75) is 38.8 Å². The van der Waals surface area contributed by atoms with Crippen molar-refractivity contribution in [3.05, 3.63) is 51.4 Å². The number of imidazole rings is 1. The van der Waals surface area contributed by atoms with Crippen LogP contribution in [-0.4, -0.2) is 24.7 Å². The molecular formula is C19H22ClN3O4S. The van der Waals surface area contributed by atoms with Crippen molar-refractivity contribution in [3.8, 4) is 5.75 Å². The smallest absolute Gasteiger partial charge is 0.329 e. The molecule has 0 radical (unpaired) electrons. The third-order valence-electron chi connectivity index (χ3n) is 4.59.